The van der Waals surface area contributed by atoms with Gasteiger partial charge in [0.15, 0.2) is 0 Å². The minimum Gasteiger partial charge on any atom is -0.277 e. The van der Waals surface area contributed by atoms with Gasteiger partial charge < -0.3 is 0 Å². The van der Waals surface area contributed by atoms with Gasteiger partial charge in [-0.25, -0.2) is 0 Å². The van der Waals surface area contributed by atoms with Crippen LogP contribution >= 0.6 is 15.9 Å². The summed E-state index contributed by atoms with van der Waals surface area (Å²) < 4.78 is 0.964. The Morgan fingerprint density at radius 1 is 1.41 bits per heavy atom. The summed E-state index contributed by atoms with van der Waals surface area (Å²) >= 11 is 3.32. The predicted molar refractivity (Wildman–Crippen MR) is 64.1 cm³/mol. The molecule has 0 aliphatic rings. The van der Waals surface area contributed by atoms with E-state index in [0.717, 1.165) is 10.2 Å². The van der Waals surface area contributed by atoms with Crippen LogP contribution in [-0.2, 0) is 0 Å². The number of H-pyrrole nitrogens is 1. The zero-order valence-corrected chi connectivity index (χ0v) is 10.0. The summed E-state index contributed by atoms with van der Waals surface area (Å²) in [5.41, 5.74) is 3.55. The Morgan fingerprint density at radius 2 is 2.18 bits per heavy atom. The van der Waals surface area contributed by atoms with Gasteiger partial charge >= 0.3 is 0 Å². The van der Waals surface area contributed by atoms with Crippen molar-refractivity contribution in [3.63, 3.8) is 0 Å². The van der Waals surface area contributed by atoms with Gasteiger partial charge in [0.1, 0.15) is 6.07 Å². The van der Waals surface area contributed by atoms with E-state index in [1.54, 1.807) is 0 Å². The second-order valence-electron chi connectivity index (χ2n) is 2.93. The van der Waals surface area contributed by atoms with Crippen molar-refractivity contribution in [2.24, 2.45) is 5.10 Å². The molecule has 1 aromatic heterocycles. The number of nitrogens with zero attached hydrogens (tertiary/aromatic N) is 5. The first kappa shape index (κ1) is 11.2. The Hall–Kier alpha value is -2.27. The van der Waals surface area contributed by atoms with Crippen LogP contribution in [0.2, 0.25) is 0 Å². The zero-order chi connectivity index (χ0) is 12.1. The fourth-order valence-electron chi connectivity index (χ4n) is 1.03. The topological polar surface area (TPSA) is 103 Å². The number of aromatic nitrogens is 4. The largest absolute Gasteiger partial charge is 0.277 e. The average Bonchev–Trinajstić information content (AvgIpc) is 2.86. The first-order valence-corrected chi connectivity index (χ1v) is 5.32. The molecule has 2 aromatic rings. The summed E-state index contributed by atoms with van der Waals surface area (Å²) in [6.07, 6.45) is 0. The van der Waals surface area contributed by atoms with Gasteiger partial charge in [-0.15, -0.1) is 10.2 Å². The molecule has 0 aliphatic carbocycles. The lowest BCUT2D eigenvalue weighted by atomic mass is 10.3. The quantitative estimate of drug-likeness (QED) is 0.655. The second kappa shape index (κ2) is 5.18. The standard InChI is InChI=1S/C9H6BrN7/c10-6-1-3-7(4-2-6)12-13-8(5-11)9-14-16-17-15-9/h1-4,12H,(H,14,15,16,17)/b13-8-. The highest BCUT2D eigenvalue weighted by Crippen LogP contribution is 2.13. The van der Waals surface area contributed by atoms with Crippen molar-refractivity contribution in [3.8, 4) is 6.07 Å². The number of hydrazone groups is 1. The van der Waals surface area contributed by atoms with E-state index in [0.29, 0.717) is 0 Å². The van der Waals surface area contributed by atoms with E-state index in [-0.39, 0.29) is 11.5 Å². The van der Waals surface area contributed by atoms with Crippen LogP contribution < -0.4 is 5.43 Å². The number of hydrogen-bond donors (Lipinski definition) is 2. The van der Waals surface area contributed by atoms with Crippen molar-refractivity contribution in [1.29, 1.82) is 5.26 Å². The van der Waals surface area contributed by atoms with E-state index >= 15 is 0 Å². The monoisotopic (exact) mass is 291 g/mol. The van der Waals surface area contributed by atoms with Gasteiger partial charge in [0.25, 0.3) is 0 Å². The summed E-state index contributed by atoms with van der Waals surface area (Å²) in [4.78, 5) is 0. The van der Waals surface area contributed by atoms with E-state index in [1.807, 2.05) is 30.3 Å². The fourth-order valence-corrected chi connectivity index (χ4v) is 1.30. The normalized spacial score (nSPS) is 10.9. The molecule has 0 amide bonds. The van der Waals surface area contributed by atoms with Crippen LogP contribution in [-0.4, -0.2) is 26.3 Å². The molecule has 1 aromatic carbocycles. The maximum Gasteiger partial charge on any atom is 0.235 e. The van der Waals surface area contributed by atoms with Crippen molar-refractivity contribution in [1.82, 2.24) is 20.6 Å². The van der Waals surface area contributed by atoms with Gasteiger partial charge in [0.2, 0.25) is 11.5 Å². The van der Waals surface area contributed by atoms with Crippen LogP contribution in [0.5, 0.6) is 0 Å². The summed E-state index contributed by atoms with van der Waals surface area (Å²) in [5, 5.41) is 25.7. The van der Waals surface area contributed by atoms with Crippen molar-refractivity contribution >= 4 is 27.3 Å². The van der Waals surface area contributed by atoms with Crippen LogP contribution in [0.4, 0.5) is 5.69 Å². The molecule has 0 atom stereocenters. The van der Waals surface area contributed by atoms with E-state index < -0.39 is 0 Å². The molecule has 7 nitrogen and oxygen atoms in total. The van der Waals surface area contributed by atoms with Crippen LogP contribution in [0.3, 0.4) is 0 Å². The summed E-state index contributed by atoms with van der Waals surface area (Å²) in [5.74, 6) is 0.150. The van der Waals surface area contributed by atoms with Gasteiger partial charge in [0, 0.05) is 4.47 Å². The number of anilines is 1. The molecule has 0 bridgehead atoms. The molecular formula is C9H6BrN7. The zero-order valence-electron chi connectivity index (χ0n) is 8.42. The SMILES string of the molecule is N#C/C(=N/Nc1ccc(Br)cc1)c1nn[nH]n1. The number of aromatic amines is 1. The van der Waals surface area contributed by atoms with E-state index in [1.165, 1.54) is 0 Å². The van der Waals surface area contributed by atoms with Crippen molar-refractivity contribution in [2.75, 3.05) is 5.43 Å². The maximum atomic E-state index is 8.87. The minimum absolute atomic E-state index is 0.0571. The molecule has 0 unspecified atom stereocenters. The number of halogens is 1. The number of tetrazole rings is 1. The third kappa shape index (κ3) is 2.85. The van der Waals surface area contributed by atoms with Crippen LogP contribution in [0.25, 0.3) is 0 Å². The third-order valence-electron chi connectivity index (χ3n) is 1.80. The van der Waals surface area contributed by atoms with Gasteiger partial charge in [-0.3, -0.25) is 5.43 Å². The number of nitrogens with one attached hydrogen (secondary N) is 2. The highest BCUT2D eigenvalue weighted by atomic mass is 79.9. The lowest BCUT2D eigenvalue weighted by Gasteiger charge is -1.99. The Bertz CT molecular complexity index is 552. The van der Waals surface area contributed by atoms with Crippen molar-refractivity contribution < 1.29 is 0 Å². The summed E-state index contributed by atoms with van der Waals surface area (Å²) in [6.45, 7) is 0. The molecule has 0 aliphatic heterocycles. The predicted octanol–water partition coefficient (Wildman–Crippen LogP) is 1.30. The van der Waals surface area contributed by atoms with E-state index in [4.69, 9.17) is 5.26 Å². The highest BCUT2D eigenvalue weighted by Gasteiger charge is 2.07. The number of benzene rings is 1. The van der Waals surface area contributed by atoms with E-state index in [2.05, 4.69) is 47.1 Å². The van der Waals surface area contributed by atoms with Crippen LogP contribution in [0.15, 0.2) is 33.8 Å². The highest BCUT2D eigenvalue weighted by molar-refractivity contribution is 9.10. The lowest BCUT2D eigenvalue weighted by molar-refractivity contribution is 0.881. The number of rotatable bonds is 3. The Labute approximate surface area is 105 Å². The Morgan fingerprint density at radius 3 is 2.76 bits per heavy atom. The number of nitriles is 1. The van der Waals surface area contributed by atoms with Crippen molar-refractivity contribution in [3.05, 3.63) is 34.6 Å². The van der Waals surface area contributed by atoms with Gasteiger partial charge in [-0.05, 0) is 29.5 Å². The van der Waals surface area contributed by atoms with E-state index in [9.17, 15) is 0 Å². The molecule has 0 saturated heterocycles. The smallest absolute Gasteiger partial charge is 0.235 e. The molecule has 17 heavy (non-hydrogen) atoms. The Balaban J connectivity index is 2.14. The molecule has 2 N–H and O–H groups in total. The molecule has 2 rings (SSSR count). The second-order valence-corrected chi connectivity index (χ2v) is 3.84. The third-order valence-corrected chi connectivity index (χ3v) is 2.33. The molecular weight excluding hydrogens is 286 g/mol. The van der Waals surface area contributed by atoms with Crippen LogP contribution in [0.1, 0.15) is 5.82 Å². The fraction of sp³-hybridized carbons (Fsp3) is 0. The van der Waals surface area contributed by atoms with Crippen LogP contribution in [0, 0.1) is 11.3 Å². The average molecular weight is 292 g/mol. The first-order valence-electron chi connectivity index (χ1n) is 4.53. The Kier molecular flexibility index (Phi) is 3.42. The summed E-state index contributed by atoms with van der Waals surface area (Å²) in [6, 6.07) is 9.23. The van der Waals surface area contributed by atoms with Gasteiger partial charge in [0.05, 0.1) is 5.69 Å². The molecule has 8 heteroatoms. The lowest BCUT2D eigenvalue weighted by Crippen LogP contribution is -2.04. The van der Waals surface area contributed by atoms with Gasteiger partial charge in [-0.2, -0.15) is 15.6 Å². The maximum absolute atomic E-state index is 8.87. The van der Waals surface area contributed by atoms with Crippen molar-refractivity contribution in [2.45, 2.75) is 0 Å². The first-order chi connectivity index (χ1) is 8.29. The van der Waals surface area contributed by atoms with Gasteiger partial charge in [-0.1, -0.05) is 15.9 Å². The minimum atomic E-state index is 0.0571. The number of hydrogen-bond acceptors (Lipinski definition) is 6. The molecule has 0 spiro atoms. The molecule has 0 saturated carbocycles. The molecule has 1 heterocycles. The molecule has 0 fully saturated rings. The summed E-state index contributed by atoms with van der Waals surface area (Å²) in [7, 11) is 0. The molecule has 84 valence electrons. The molecule has 0 radical (unpaired) electrons.